The van der Waals surface area contributed by atoms with E-state index in [9.17, 15) is 13.2 Å². The quantitative estimate of drug-likeness (QED) is 0.917. The average molecular weight is 335 g/mol. The Kier molecular flexibility index (Phi) is 4.14. The van der Waals surface area contributed by atoms with Gasteiger partial charge in [0.05, 0.1) is 35.3 Å². The Morgan fingerprint density at radius 2 is 2.22 bits per heavy atom. The zero-order valence-electron chi connectivity index (χ0n) is 13.3. The van der Waals surface area contributed by atoms with Gasteiger partial charge in [0.1, 0.15) is 0 Å². The van der Waals surface area contributed by atoms with Gasteiger partial charge in [0.25, 0.3) is 0 Å². The summed E-state index contributed by atoms with van der Waals surface area (Å²) in [4.78, 5) is 16.5. The monoisotopic (exact) mass is 335 g/mol. The Morgan fingerprint density at radius 3 is 2.87 bits per heavy atom. The topological polar surface area (TPSA) is 81.1 Å². The lowest BCUT2D eigenvalue weighted by molar-refractivity contribution is -0.120. The zero-order chi connectivity index (χ0) is 16.6. The predicted molar refractivity (Wildman–Crippen MR) is 89.0 cm³/mol. The fourth-order valence-electron chi connectivity index (χ4n) is 2.97. The molecule has 124 valence electrons. The molecule has 1 atom stereocenters. The van der Waals surface area contributed by atoms with E-state index in [4.69, 9.17) is 0 Å². The van der Waals surface area contributed by atoms with Crippen LogP contribution in [0.1, 0.15) is 31.9 Å². The number of fused-ring (bicyclic) bond motifs is 1. The van der Waals surface area contributed by atoms with Crippen molar-refractivity contribution in [2.24, 2.45) is 0 Å². The van der Waals surface area contributed by atoms with Crippen molar-refractivity contribution in [1.29, 1.82) is 0 Å². The molecule has 23 heavy (non-hydrogen) atoms. The molecule has 1 N–H and O–H groups in total. The summed E-state index contributed by atoms with van der Waals surface area (Å²) in [5.74, 6) is 0.0716. The van der Waals surface area contributed by atoms with Gasteiger partial charge >= 0.3 is 0 Å². The van der Waals surface area contributed by atoms with Crippen LogP contribution in [0, 0.1) is 0 Å². The van der Waals surface area contributed by atoms with Crippen LogP contribution in [0.2, 0.25) is 0 Å². The molecule has 1 aliphatic heterocycles. The van der Waals surface area contributed by atoms with Crippen LogP contribution in [0.4, 0.5) is 0 Å². The Bertz CT molecular complexity index is 839. The second-order valence-electron chi connectivity index (χ2n) is 6.41. The SMILES string of the molecule is CC(C)n1cnc2cc(CC(=O)NC3CCS(=O)(=O)C3)ccc21. The van der Waals surface area contributed by atoms with E-state index in [-0.39, 0.29) is 29.9 Å². The first-order chi connectivity index (χ1) is 10.8. The normalized spacial score (nSPS) is 20.2. The summed E-state index contributed by atoms with van der Waals surface area (Å²) < 4.78 is 24.9. The highest BCUT2D eigenvalue weighted by atomic mass is 32.2. The molecule has 0 radical (unpaired) electrons. The minimum Gasteiger partial charge on any atom is -0.352 e. The summed E-state index contributed by atoms with van der Waals surface area (Å²) in [7, 11) is -2.98. The molecule has 2 heterocycles. The molecule has 1 amide bonds. The second kappa shape index (κ2) is 5.96. The van der Waals surface area contributed by atoms with Crippen molar-refractivity contribution < 1.29 is 13.2 Å². The number of carbonyl (C=O) groups is 1. The highest BCUT2D eigenvalue weighted by molar-refractivity contribution is 7.91. The summed E-state index contributed by atoms with van der Waals surface area (Å²) in [6, 6.07) is 5.90. The van der Waals surface area contributed by atoms with Crippen LogP contribution in [0.15, 0.2) is 24.5 Å². The fourth-order valence-corrected chi connectivity index (χ4v) is 4.65. The summed E-state index contributed by atoms with van der Waals surface area (Å²) >= 11 is 0. The molecule has 3 rings (SSSR count). The van der Waals surface area contributed by atoms with Gasteiger partial charge in [0.15, 0.2) is 9.84 Å². The molecule has 6 nitrogen and oxygen atoms in total. The third-order valence-corrected chi connectivity index (χ3v) is 5.93. The number of benzene rings is 1. The number of aromatic nitrogens is 2. The largest absolute Gasteiger partial charge is 0.352 e. The van der Waals surface area contributed by atoms with Crippen LogP contribution in [0.5, 0.6) is 0 Å². The summed E-state index contributed by atoms with van der Waals surface area (Å²) in [5.41, 5.74) is 2.79. The van der Waals surface area contributed by atoms with Crippen molar-refractivity contribution in [3.8, 4) is 0 Å². The van der Waals surface area contributed by atoms with Crippen LogP contribution in [0.3, 0.4) is 0 Å². The first-order valence-corrected chi connectivity index (χ1v) is 9.61. The Hall–Kier alpha value is -1.89. The molecule has 1 unspecified atom stereocenters. The van der Waals surface area contributed by atoms with Crippen molar-refractivity contribution in [2.75, 3.05) is 11.5 Å². The van der Waals surface area contributed by atoms with Crippen molar-refractivity contribution in [2.45, 2.75) is 38.8 Å². The van der Waals surface area contributed by atoms with Gasteiger partial charge in [-0.25, -0.2) is 13.4 Å². The van der Waals surface area contributed by atoms with Gasteiger partial charge in [-0.1, -0.05) is 6.07 Å². The van der Waals surface area contributed by atoms with E-state index in [2.05, 4.69) is 28.7 Å². The lowest BCUT2D eigenvalue weighted by atomic mass is 10.1. The number of nitrogens with zero attached hydrogens (tertiary/aromatic N) is 2. The number of sulfone groups is 1. The molecule has 1 aromatic heterocycles. The van der Waals surface area contributed by atoms with Crippen LogP contribution >= 0.6 is 0 Å². The highest BCUT2D eigenvalue weighted by Gasteiger charge is 2.28. The lowest BCUT2D eigenvalue weighted by Crippen LogP contribution is -2.36. The number of imidazole rings is 1. The Morgan fingerprint density at radius 1 is 1.43 bits per heavy atom. The maximum atomic E-state index is 12.1. The van der Waals surface area contributed by atoms with Crippen molar-refractivity contribution >= 4 is 26.8 Å². The Balaban J connectivity index is 1.68. The second-order valence-corrected chi connectivity index (χ2v) is 8.64. The lowest BCUT2D eigenvalue weighted by Gasteiger charge is -2.11. The van der Waals surface area contributed by atoms with E-state index >= 15 is 0 Å². The van der Waals surface area contributed by atoms with Crippen molar-refractivity contribution in [1.82, 2.24) is 14.9 Å². The first kappa shape index (κ1) is 16.0. The van der Waals surface area contributed by atoms with Gasteiger partial charge in [-0.15, -0.1) is 0 Å². The van der Waals surface area contributed by atoms with E-state index < -0.39 is 9.84 Å². The number of carbonyl (C=O) groups excluding carboxylic acids is 1. The molecule has 1 aromatic carbocycles. The fraction of sp³-hybridized carbons (Fsp3) is 0.500. The summed E-state index contributed by atoms with van der Waals surface area (Å²) in [6.45, 7) is 4.19. The Labute approximate surface area is 135 Å². The molecular weight excluding hydrogens is 314 g/mol. The maximum Gasteiger partial charge on any atom is 0.224 e. The molecule has 2 aromatic rings. The third-order valence-electron chi connectivity index (χ3n) is 4.16. The van der Waals surface area contributed by atoms with Crippen molar-refractivity contribution in [3.05, 3.63) is 30.1 Å². The van der Waals surface area contributed by atoms with E-state index in [1.54, 1.807) is 0 Å². The average Bonchev–Trinajstić information content (AvgIpc) is 3.01. The molecule has 1 aliphatic rings. The van der Waals surface area contributed by atoms with Gasteiger partial charge in [-0.3, -0.25) is 4.79 Å². The summed E-state index contributed by atoms with van der Waals surface area (Å²) in [6.07, 6.45) is 2.55. The van der Waals surface area contributed by atoms with Crippen molar-refractivity contribution in [3.63, 3.8) is 0 Å². The number of amides is 1. The molecule has 7 heteroatoms. The number of hydrogen-bond donors (Lipinski definition) is 1. The van der Waals surface area contributed by atoms with Crippen LogP contribution < -0.4 is 5.32 Å². The standard InChI is InChI=1S/C16H21N3O3S/c1-11(2)19-10-17-14-7-12(3-4-15(14)19)8-16(20)18-13-5-6-23(21,22)9-13/h3-4,7,10-11,13H,5-6,8-9H2,1-2H3,(H,18,20). The van der Waals surface area contributed by atoms with Gasteiger partial charge in [0.2, 0.25) is 5.91 Å². The van der Waals surface area contributed by atoms with E-state index in [0.29, 0.717) is 12.5 Å². The molecule has 0 bridgehead atoms. The van der Waals surface area contributed by atoms with Gasteiger partial charge in [0, 0.05) is 12.1 Å². The predicted octanol–water partition coefficient (Wildman–Crippen LogP) is 1.46. The number of rotatable bonds is 4. The molecule has 0 saturated carbocycles. The minimum absolute atomic E-state index is 0.0522. The number of hydrogen-bond acceptors (Lipinski definition) is 4. The van der Waals surface area contributed by atoms with E-state index in [0.717, 1.165) is 16.6 Å². The smallest absolute Gasteiger partial charge is 0.224 e. The highest BCUT2D eigenvalue weighted by Crippen LogP contribution is 2.19. The van der Waals surface area contributed by atoms with E-state index in [1.165, 1.54) is 0 Å². The van der Waals surface area contributed by atoms with Gasteiger partial charge in [-0.05, 0) is 38.0 Å². The van der Waals surface area contributed by atoms with E-state index in [1.807, 2.05) is 24.5 Å². The first-order valence-electron chi connectivity index (χ1n) is 7.79. The molecule has 1 fully saturated rings. The zero-order valence-corrected chi connectivity index (χ0v) is 14.1. The third kappa shape index (κ3) is 3.55. The van der Waals surface area contributed by atoms with Crippen LogP contribution in [-0.4, -0.2) is 41.4 Å². The molecule has 1 saturated heterocycles. The minimum atomic E-state index is -2.98. The van der Waals surface area contributed by atoms with Gasteiger partial charge < -0.3 is 9.88 Å². The summed E-state index contributed by atoms with van der Waals surface area (Å²) in [5, 5.41) is 2.81. The van der Waals surface area contributed by atoms with Gasteiger partial charge in [-0.2, -0.15) is 0 Å². The maximum absolute atomic E-state index is 12.1. The molecular formula is C16H21N3O3S. The molecule has 0 spiro atoms. The van der Waals surface area contributed by atoms with Crippen LogP contribution in [0.25, 0.3) is 11.0 Å². The van der Waals surface area contributed by atoms with Crippen LogP contribution in [-0.2, 0) is 21.1 Å². The molecule has 0 aliphatic carbocycles. The number of nitrogens with one attached hydrogen (secondary N) is 1.